The molecule has 0 aliphatic carbocycles. The topological polar surface area (TPSA) is 76.4 Å². The molecule has 0 amide bonds. The summed E-state index contributed by atoms with van der Waals surface area (Å²) in [4.78, 5) is 4.53. The van der Waals surface area contributed by atoms with Crippen molar-refractivity contribution < 1.29 is 13.5 Å². The lowest BCUT2D eigenvalue weighted by atomic mass is 10.1. The highest BCUT2D eigenvalue weighted by molar-refractivity contribution is 5.80. The molecule has 154 valence electrons. The van der Waals surface area contributed by atoms with Crippen LogP contribution in [0, 0.1) is 18.6 Å². The highest BCUT2D eigenvalue weighted by Gasteiger charge is 2.14. The first-order valence-electron chi connectivity index (χ1n) is 9.34. The van der Waals surface area contributed by atoms with E-state index >= 15 is 0 Å². The van der Waals surface area contributed by atoms with Crippen LogP contribution in [-0.4, -0.2) is 40.5 Å². The number of aryl methyl sites for hydroxylation is 1. The standard InChI is InChI=1S/C19H28F2N6O/c1-5-28-10-6-9-22-19(23-12-18-26-25-14(3)27(18)4)24-13(2)16-8-7-15(20)11-17(16)21/h7-8,11,13H,5-6,9-10,12H2,1-4H3,(H2,22,23,24). The van der Waals surface area contributed by atoms with Crippen LogP contribution in [-0.2, 0) is 18.3 Å². The Bertz CT molecular complexity index is 793. The Morgan fingerprint density at radius 1 is 1.32 bits per heavy atom. The van der Waals surface area contributed by atoms with Crippen LogP contribution in [0.1, 0.15) is 43.5 Å². The lowest BCUT2D eigenvalue weighted by Gasteiger charge is -2.19. The fraction of sp³-hybridized carbons (Fsp3) is 0.526. The van der Waals surface area contributed by atoms with Crippen LogP contribution in [0.25, 0.3) is 0 Å². The number of hydrogen-bond donors (Lipinski definition) is 2. The second-order valence-corrected chi connectivity index (χ2v) is 6.40. The molecule has 1 aromatic heterocycles. The Morgan fingerprint density at radius 2 is 2.11 bits per heavy atom. The van der Waals surface area contributed by atoms with Gasteiger partial charge in [-0.25, -0.2) is 13.8 Å². The van der Waals surface area contributed by atoms with Crippen LogP contribution < -0.4 is 10.6 Å². The van der Waals surface area contributed by atoms with Gasteiger partial charge in [-0.15, -0.1) is 10.2 Å². The summed E-state index contributed by atoms with van der Waals surface area (Å²) in [5, 5.41) is 14.5. The Balaban J connectivity index is 2.07. The molecular formula is C19H28F2N6O. The van der Waals surface area contributed by atoms with Gasteiger partial charge in [0.05, 0.1) is 6.04 Å². The van der Waals surface area contributed by atoms with Gasteiger partial charge in [0.25, 0.3) is 0 Å². The number of aliphatic imine (C=N–C) groups is 1. The molecule has 0 radical (unpaired) electrons. The monoisotopic (exact) mass is 394 g/mol. The van der Waals surface area contributed by atoms with Crippen LogP contribution in [0.2, 0.25) is 0 Å². The normalized spacial score (nSPS) is 12.9. The van der Waals surface area contributed by atoms with Gasteiger partial charge < -0.3 is 19.9 Å². The van der Waals surface area contributed by atoms with Gasteiger partial charge in [0.1, 0.15) is 24.0 Å². The zero-order valence-electron chi connectivity index (χ0n) is 16.8. The van der Waals surface area contributed by atoms with E-state index in [0.717, 1.165) is 18.3 Å². The van der Waals surface area contributed by atoms with Crippen molar-refractivity contribution in [3.63, 3.8) is 0 Å². The van der Waals surface area contributed by atoms with Crippen molar-refractivity contribution in [3.05, 3.63) is 47.0 Å². The van der Waals surface area contributed by atoms with Crippen molar-refractivity contribution in [2.24, 2.45) is 12.0 Å². The zero-order valence-corrected chi connectivity index (χ0v) is 16.8. The highest BCUT2D eigenvalue weighted by Crippen LogP contribution is 2.17. The molecular weight excluding hydrogens is 366 g/mol. The maximum Gasteiger partial charge on any atom is 0.192 e. The number of rotatable bonds is 9. The molecule has 1 aromatic carbocycles. The first-order chi connectivity index (χ1) is 13.4. The largest absolute Gasteiger partial charge is 0.382 e. The molecule has 0 spiro atoms. The van der Waals surface area contributed by atoms with Crippen molar-refractivity contribution in [3.8, 4) is 0 Å². The molecule has 0 saturated heterocycles. The maximum atomic E-state index is 14.1. The van der Waals surface area contributed by atoms with E-state index in [9.17, 15) is 8.78 Å². The molecule has 0 saturated carbocycles. The van der Waals surface area contributed by atoms with Crippen molar-refractivity contribution in [1.82, 2.24) is 25.4 Å². The van der Waals surface area contributed by atoms with E-state index in [1.165, 1.54) is 12.1 Å². The molecule has 1 unspecified atom stereocenters. The molecule has 2 rings (SSSR count). The molecule has 1 heterocycles. The molecule has 7 nitrogen and oxygen atoms in total. The van der Waals surface area contributed by atoms with Crippen LogP contribution in [0.4, 0.5) is 8.78 Å². The number of halogens is 2. The number of nitrogens with one attached hydrogen (secondary N) is 2. The summed E-state index contributed by atoms with van der Waals surface area (Å²) in [6, 6.07) is 3.15. The quantitative estimate of drug-likeness (QED) is 0.388. The van der Waals surface area contributed by atoms with Crippen molar-refractivity contribution in [2.75, 3.05) is 19.8 Å². The average molecular weight is 394 g/mol. The number of guanidine groups is 1. The van der Waals surface area contributed by atoms with Gasteiger partial charge in [-0.3, -0.25) is 0 Å². The van der Waals surface area contributed by atoms with E-state index in [1.54, 1.807) is 6.92 Å². The van der Waals surface area contributed by atoms with Gasteiger partial charge in [0, 0.05) is 38.4 Å². The summed E-state index contributed by atoms with van der Waals surface area (Å²) in [5.41, 5.74) is 0.361. The third kappa shape index (κ3) is 6.26. The third-order valence-corrected chi connectivity index (χ3v) is 4.31. The molecule has 2 aromatic rings. The minimum absolute atomic E-state index is 0.316. The highest BCUT2D eigenvalue weighted by atomic mass is 19.1. The first-order valence-corrected chi connectivity index (χ1v) is 9.34. The predicted molar refractivity (Wildman–Crippen MR) is 104 cm³/mol. The van der Waals surface area contributed by atoms with E-state index < -0.39 is 17.7 Å². The third-order valence-electron chi connectivity index (χ3n) is 4.31. The van der Waals surface area contributed by atoms with Crippen molar-refractivity contribution in [2.45, 2.75) is 39.8 Å². The van der Waals surface area contributed by atoms with Gasteiger partial charge in [-0.2, -0.15) is 0 Å². The minimum atomic E-state index is -0.603. The molecule has 0 fully saturated rings. The first kappa shape index (κ1) is 21.7. The molecule has 0 bridgehead atoms. The summed E-state index contributed by atoms with van der Waals surface area (Å²) >= 11 is 0. The fourth-order valence-corrected chi connectivity index (χ4v) is 2.55. The number of benzene rings is 1. The van der Waals surface area contributed by atoms with Gasteiger partial charge in [-0.1, -0.05) is 6.07 Å². The number of nitrogens with zero attached hydrogens (tertiary/aromatic N) is 4. The molecule has 1 atom stereocenters. The van der Waals surface area contributed by atoms with E-state index in [2.05, 4.69) is 25.8 Å². The van der Waals surface area contributed by atoms with E-state index in [0.29, 0.717) is 43.7 Å². The van der Waals surface area contributed by atoms with Crippen molar-refractivity contribution >= 4 is 5.96 Å². The van der Waals surface area contributed by atoms with Crippen LogP contribution >= 0.6 is 0 Å². The average Bonchev–Trinajstić information content (AvgIpc) is 2.97. The Morgan fingerprint density at radius 3 is 2.75 bits per heavy atom. The molecule has 2 N–H and O–H groups in total. The summed E-state index contributed by atoms with van der Waals surface area (Å²) < 4.78 is 34.4. The molecule has 0 aliphatic rings. The van der Waals surface area contributed by atoms with E-state index in [4.69, 9.17) is 4.74 Å². The second-order valence-electron chi connectivity index (χ2n) is 6.40. The predicted octanol–water partition coefficient (Wildman–Crippen LogP) is 2.62. The maximum absolute atomic E-state index is 14.1. The van der Waals surface area contributed by atoms with E-state index in [1.807, 2.05) is 25.5 Å². The summed E-state index contributed by atoms with van der Waals surface area (Å²) in [5.74, 6) is 0.821. The Kier molecular flexibility index (Phi) is 8.31. The smallest absolute Gasteiger partial charge is 0.192 e. The lowest BCUT2D eigenvalue weighted by Crippen LogP contribution is -2.39. The van der Waals surface area contributed by atoms with E-state index in [-0.39, 0.29) is 0 Å². The lowest BCUT2D eigenvalue weighted by molar-refractivity contribution is 0.145. The summed E-state index contributed by atoms with van der Waals surface area (Å²) in [7, 11) is 1.87. The van der Waals surface area contributed by atoms with Crippen LogP contribution in [0.15, 0.2) is 23.2 Å². The number of hydrogen-bond acceptors (Lipinski definition) is 4. The van der Waals surface area contributed by atoms with Gasteiger partial charge in [0.2, 0.25) is 0 Å². The summed E-state index contributed by atoms with van der Waals surface area (Å²) in [6.45, 7) is 7.88. The molecule has 0 aliphatic heterocycles. The SMILES string of the molecule is CCOCCCNC(=NCc1nnc(C)n1C)NC(C)c1ccc(F)cc1F. The Labute approximate surface area is 164 Å². The molecule has 28 heavy (non-hydrogen) atoms. The van der Waals surface area contributed by atoms with Gasteiger partial charge in [-0.05, 0) is 33.3 Å². The second kappa shape index (κ2) is 10.7. The van der Waals surface area contributed by atoms with Crippen molar-refractivity contribution in [1.29, 1.82) is 0 Å². The van der Waals surface area contributed by atoms with Gasteiger partial charge >= 0.3 is 0 Å². The summed E-state index contributed by atoms with van der Waals surface area (Å²) in [6.07, 6.45) is 0.802. The zero-order chi connectivity index (χ0) is 20.5. The fourth-order valence-electron chi connectivity index (χ4n) is 2.55. The number of aromatic nitrogens is 3. The molecule has 9 heteroatoms. The van der Waals surface area contributed by atoms with Crippen LogP contribution in [0.5, 0.6) is 0 Å². The van der Waals surface area contributed by atoms with Crippen LogP contribution in [0.3, 0.4) is 0 Å². The van der Waals surface area contributed by atoms with Gasteiger partial charge in [0.15, 0.2) is 11.8 Å². The minimum Gasteiger partial charge on any atom is -0.382 e. The number of ether oxygens (including phenoxy) is 1. The Hall–Kier alpha value is -2.55.